The summed E-state index contributed by atoms with van der Waals surface area (Å²) in [7, 11) is 0.790. The number of rotatable bonds is 3. The Morgan fingerprint density at radius 3 is 2.75 bits per heavy atom. The summed E-state index contributed by atoms with van der Waals surface area (Å²) in [4.78, 5) is 13.2. The van der Waals surface area contributed by atoms with Crippen LogP contribution in [0.5, 0.6) is 0 Å². The maximum atomic E-state index is 10.5. The highest BCUT2D eigenvalue weighted by Crippen LogP contribution is 1.91. The van der Waals surface area contributed by atoms with E-state index in [1.807, 2.05) is 0 Å². The van der Waals surface area contributed by atoms with Gasteiger partial charge in [0.05, 0.1) is 0 Å². The minimum absolute atomic E-state index is 0.207. The summed E-state index contributed by atoms with van der Waals surface area (Å²) >= 11 is 0. The number of unbranched alkanes of at least 4 members (excludes halogenated alkanes) is 1. The first-order valence-corrected chi connectivity index (χ1v) is 4.01. The molecule has 0 fully saturated rings. The number of hydrogen-bond donors (Lipinski definition) is 1. The Morgan fingerprint density at radius 2 is 2.38 bits per heavy atom. The zero-order valence-electron chi connectivity index (χ0n) is 5.53. The number of carbonyl (C=O) groups excluding carboxylic acids is 1. The van der Waals surface area contributed by atoms with Gasteiger partial charge < -0.3 is 4.98 Å². The van der Waals surface area contributed by atoms with E-state index in [2.05, 4.69) is 11.9 Å². The molecule has 0 unspecified atom stereocenters. The molecule has 1 N–H and O–H groups in total. The van der Waals surface area contributed by atoms with E-state index >= 15 is 0 Å². The number of carbonyl (C=O) groups is 1. The van der Waals surface area contributed by atoms with E-state index in [0.717, 1.165) is 23.2 Å². The molecular weight excluding hydrogens is 118 g/mol. The van der Waals surface area contributed by atoms with Crippen LogP contribution in [0.25, 0.3) is 0 Å². The molecule has 3 heteroatoms. The first-order chi connectivity index (χ1) is 3.81. The van der Waals surface area contributed by atoms with E-state index in [1.54, 1.807) is 0 Å². The van der Waals surface area contributed by atoms with Crippen LogP contribution in [-0.2, 0) is 4.79 Å². The van der Waals surface area contributed by atoms with E-state index in [9.17, 15) is 4.79 Å². The molecule has 0 aliphatic carbocycles. The number of nitrogens with one attached hydrogen (secondary N) is 1. The van der Waals surface area contributed by atoms with Crippen LogP contribution in [0, 0.1) is 0 Å². The summed E-state index contributed by atoms with van der Waals surface area (Å²) < 4.78 is 0. The van der Waals surface area contributed by atoms with Crippen LogP contribution in [0.15, 0.2) is 0 Å². The van der Waals surface area contributed by atoms with Gasteiger partial charge in [-0.3, -0.25) is 4.79 Å². The number of hydrogen-bond acceptors (Lipinski definition) is 1. The summed E-state index contributed by atoms with van der Waals surface area (Å²) in [5, 5.41) is 0. The molecule has 0 atom stereocenters. The van der Waals surface area contributed by atoms with Crippen LogP contribution >= 0.6 is 0 Å². The molecule has 0 radical (unpaired) electrons. The Labute approximate surface area is 53.2 Å². The van der Waals surface area contributed by atoms with E-state index in [4.69, 9.17) is 0 Å². The highest BCUT2D eigenvalue weighted by atomic mass is 28.2. The topological polar surface area (TPSA) is 29.1 Å². The van der Waals surface area contributed by atoms with Crippen molar-refractivity contribution in [3.8, 4) is 0 Å². The third kappa shape index (κ3) is 3.86. The van der Waals surface area contributed by atoms with Crippen molar-refractivity contribution in [3.63, 3.8) is 0 Å². The molecule has 0 spiro atoms. The second-order valence-corrected chi connectivity index (χ2v) is 2.28. The molecule has 0 aromatic carbocycles. The molecule has 0 saturated heterocycles. The van der Waals surface area contributed by atoms with Gasteiger partial charge in [0.2, 0.25) is 5.91 Å². The van der Waals surface area contributed by atoms with Gasteiger partial charge in [-0.1, -0.05) is 13.3 Å². The van der Waals surface area contributed by atoms with Gasteiger partial charge in [-0.25, -0.2) is 0 Å². The maximum absolute atomic E-state index is 10.5. The normalized spacial score (nSPS) is 9.12. The summed E-state index contributed by atoms with van der Waals surface area (Å²) in [6, 6.07) is 0. The van der Waals surface area contributed by atoms with Gasteiger partial charge in [-0.2, -0.15) is 0 Å². The standard InChI is InChI=1S/C5H13NOSi/c1-2-3-4-5(7)6-8/h2-4H2,1,8H3,(H,6,7). The smallest absolute Gasteiger partial charge is 0.211 e. The predicted molar refractivity (Wildman–Crippen MR) is 37.6 cm³/mol. The van der Waals surface area contributed by atoms with Crippen molar-refractivity contribution in [2.24, 2.45) is 0 Å². The lowest BCUT2D eigenvalue weighted by atomic mass is 10.2. The fraction of sp³-hybridized carbons (Fsp3) is 0.800. The maximum Gasteiger partial charge on any atom is 0.211 e. The lowest BCUT2D eigenvalue weighted by Crippen LogP contribution is -2.18. The van der Waals surface area contributed by atoms with Crippen LogP contribution < -0.4 is 4.98 Å². The van der Waals surface area contributed by atoms with Gasteiger partial charge in [0, 0.05) is 6.42 Å². The molecule has 0 aliphatic rings. The monoisotopic (exact) mass is 131 g/mol. The second kappa shape index (κ2) is 4.84. The van der Waals surface area contributed by atoms with Crippen LogP contribution in [0.4, 0.5) is 0 Å². The van der Waals surface area contributed by atoms with E-state index in [0.29, 0.717) is 6.42 Å². The lowest BCUT2D eigenvalue weighted by molar-refractivity contribution is -0.119. The van der Waals surface area contributed by atoms with Crippen LogP contribution in [0.1, 0.15) is 26.2 Å². The van der Waals surface area contributed by atoms with Crippen molar-refractivity contribution in [1.29, 1.82) is 0 Å². The molecular formula is C5H13NOSi. The number of amides is 1. The molecule has 8 heavy (non-hydrogen) atoms. The third-order valence-electron chi connectivity index (χ3n) is 1.04. The quantitative estimate of drug-likeness (QED) is 0.518. The van der Waals surface area contributed by atoms with Crippen LogP contribution in [0.2, 0.25) is 0 Å². The summed E-state index contributed by atoms with van der Waals surface area (Å²) in [6.07, 6.45) is 2.84. The van der Waals surface area contributed by atoms with Gasteiger partial charge >= 0.3 is 0 Å². The van der Waals surface area contributed by atoms with Crippen LogP contribution in [-0.4, -0.2) is 16.3 Å². The van der Waals surface area contributed by atoms with Crippen molar-refractivity contribution in [3.05, 3.63) is 0 Å². The summed E-state index contributed by atoms with van der Waals surface area (Å²) in [5.41, 5.74) is 0. The minimum Gasteiger partial charge on any atom is -0.391 e. The van der Waals surface area contributed by atoms with Gasteiger partial charge in [-0.05, 0) is 6.42 Å². The van der Waals surface area contributed by atoms with Crippen molar-refractivity contribution in [2.45, 2.75) is 26.2 Å². The molecule has 0 rings (SSSR count). The Kier molecular flexibility index (Phi) is 4.65. The van der Waals surface area contributed by atoms with Crippen molar-refractivity contribution < 1.29 is 4.79 Å². The molecule has 0 heterocycles. The molecule has 0 bridgehead atoms. The molecule has 2 nitrogen and oxygen atoms in total. The molecule has 0 aromatic rings. The average molecular weight is 131 g/mol. The summed E-state index contributed by atoms with van der Waals surface area (Å²) in [5.74, 6) is 0.207. The average Bonchev–Trinajstić information content (AvgIpc) is 1.83. The molecule has 48 valence electrons. The van der Waals surface area contributed by atoms with Gasteiger partial charge in [0.15, 0.2) is 0 Å². The molecule has 0 aliphatic heterocycles. The first kappa shape index (κ1) is 7.69. The van der Waals surface area contributed by atoms with E-state index in [-0.39, 0.29) is 5.91 Å². The van der Waals surface area contributed by atoms with Gasteiger partial charge in [0.1, 0.15) is 10.4 Å². The Morgan fingerprint density at radius 1 is 1.75 bits per heavy atom. The zero-order chi connectivity index (χ0) is 6.41. The van der Waals surface area contributed by atoms with E-state index < -0.39 is 0 Å². The summed E-state index contributed by atoms with van der Waals surface area (Å²) in [6.45, 7) is 2.08. The fourth-order valence-electron chi connectivity index (χ4n) is 0.462. The van der Waals surface area contributed by atoms with Crippen molar-refractivity contribution >= 4 is 16.3 Å². The molecule has 0 saturated carbocycles. The highest BCUT2D eigenvalue weighted by molar-refractivity contribution is 6.14. The SMILES string of the molecule is CCCCC(=O)N[SiH3]. The Bertz CT molecular complexity index is 74.8. The highest BCUT2D eigenvalue weighted by Gasteiger charge is 1.92. The molecule has 0 aromatic heterocycles. The Hall–Kier alpha value is -0.313. The first-order valence-electron chi connectivity index (χ1n) is 3.01. The minimum atomic E-state index is 0.207. The van der Waals surface area contributed by atoms with Gasteiger partial charge in [-0.15, -0.1) is 0 Å². The second-order valence-electron chi connectivity index (χ2n) is 1.78. The van der Waals surface area contributed by atoms with Crippen molar-refractivity contribution in [1.82, 2.24) is 4.98 Å². The predicted octanol–water partition coefficient (Wildman–Crippen LogP) is -0.427. The largest absolute Gasteiger partial charge is 0.391 e. The van der Waals surface area contributed by atoms with Crippen molar-refractivity contribution in [2.75, 3.05) is 0 Å². The van der Waals surface area contributed by atoms with Gasteiger partial charge in [0.25, 0.3) is 0 Å². The van der Waals surface area contributed by atoms with Crippen LogP contribution in [0.3, 0.4) is 0 Å². The third-order valence-corrected chi connectivity index (χ3v) is 1.59. The lowest BCUT2D eigenvalue weighted by Gasteiger charge is -1.94. The van der Waals surface area contributed by atoms with E-state index in [1.165, 1.54) is 0 Å². The Balaban J connectivity index is 2.99. The zero-order valence-corrected chi connectivity index (χ0v) is 7.53. The molecule has 1 amide bonds. The fourth-order valence-corrected chi connectivity index (χ4v) is 0.712.